The molecule has 0 bridgehead atoms. The van der Waals surface area contributed by atoms with Gasteiger partial charge in [0.15, 0.2) is 0 Å². The fourth-order valence-corrected chi connectivity index (χ4v) is 5.64. The van der Waals surface area contributed by atoms with Crippen LogP contribution >= 0.6 is 23.4 Å². The van der Waals surface area contributed by atoms with Gasteiger partial charge in [-0.05, 0) is 55.1 Å². The monoisotopic (exact) mass is 635 g/mol. The Morgan fingerprint density at radius 2 is 1.86 bits per heavy atom. The summed E-state index contributed by atoms with van der Waals surface area (Å²) in [5.41, 5.74) is 2.60. The minimum atomic E-state index is -1.01. The number of thioether (sulfide) groups is 1. The SMILES string of the molecule is CN1CCN(CCC(=O)Nc2cc(Nc3cc(-c4cc(Cl)ccc4F)nnc3SCc3cccc(C(=O)O)c3)ccn2)CC1. The number of aromatic carboxylic acids is 1. The largest absolute Gasteiger partial charge is 0.478 e. The van der Waals surface area contributed by atoms with Gasteiger partial charge in [-0.1, -0.05) is 35.5 Å². The first-order chi connectivity index (χ1) is 21.2. The predicted octanol–water partition coefficient (Wildman–Crippen LogP) is 5.64. The number of hydrogen-bond donors (Lipinski definition) is 3. The van der Waals surface area contributed by atoms with E-state index in [1.807, 2.05) is 6.07 Å². The average molecular weight is 636 g/mol. The normalized spacial score (nSPS) is 13.9. The predicted molar refractivity (Wildman–Crippen MR) is 170 cm³/mol. The van der Waals surface area contributed by atoms with Crippen molar-refractivity contribution in [2.24, 2.45) is 0 Å². The molecule has 13 heteroatoms. The number of pyridine rings is 1. The zero-order valence-electron chi connectivity index (χ0n) is 24.0. The minimum Gasteiger partial charge on any atom is -0.478 e. The van der Waals surface area contributed by atoms with Crippen LogP contribution in [0.1, 0.15) is 22.3 Å². The van der Waals surface area contributed by atoms with Crippen molar-refractivity contribution in [3.63, 3.8) is 0 Å². The first-order valence-electron chi connectivity index (χ1n) is 14.0. The number of hydrogen-bond acceptors (Lipinski definition) is 9. The Labute approximate surface area is 263 Å². The van der Waals surface area contributed by atoms with Crippen molar-refractivity contribution in [3.8, 4) is 11.3 Å². The topological polar surface area (TPSA) is 124 Å². The number of benzene rings is 2. The molecule has 0 saturated carbocycles. The van der Waals surface area contributed by atoms with Crippen molar-refractivity contribution in [1.29, 1.82) is 0 Å². The van der Waals surface area contributed by atoms with Crippen LogP contribution in [-0.2, 0) is 10.5 Å². The fraction of sp³-hybridized carbons (Fsp3) is 0.258. The van der Waals surface area contributed by atoms with Crippen LogP contribution < -0.4 is 10.6 Å². The van der Waals surface area contributed by atoms with E-state index in [-0.39, 0.29) is 22.7 Å². The highest BCUT2D eigenvalue weighted by Gasteiger charge is 2.17. The van der Waals surface area contributed by atoms with Gasteiger partial charge < -0.3 is 25.5 Å². The lowest BCUT2D eigenvalue weighted by Gasteiger charge is -2.32. The summed E-state index contributed by atoms with van der Waals surface area (Å²) in [6.45, 7) is 4.53. The molecule has 2 aromatic heterocycles. The quantitative estimate of drug-likeness (QED) is 0.178. The molecule has 10 nitrogen and oxygen atoms in total. The molecule has 0 aliphatic carbocycles. The molecule has 0 atom stereocenters. The molecule has 228 valence electrons. The second kappa shape index (κ2) is 14.6. The number of carboxylic acid groups (broad SMARTS) is 1. The average Bonchev–Trinajstić information content (AvgIpc) is 3.01. The summed E-state index contributed by atoms with van der Waals surface area (Å²) in [6.07, 6.45) is 1.94. The van der Waals surface area contributed by atoms with Gasteiger partial charge in [0.2, 0.25) is 5.91 Å². The van der Waals surface area contributed by atoms with E-state index in [2.05, 4.69) is 42.7 Å². The maximum Gasteiger partial charge on any atom is 0.335 e. The summed E-state index contributed by atoms with van der Waals surface area (Å²) < 4.78 is 14.7. The summed E-state index contributed by atoms with van der Waals surface area (Å²) in [5, 5.41) is 25.0. The highest BCUT2D eigenvalue weighted by Crippen LogP contribution is 2.34. The molecule has 44 heavy (non-hydrogen) atoms. The van der Waals surface area contributed by atoms with E-state index in [0.29, 0.717) is 46.0 Å². The van der Waals surface area contributed by atoms with E-state index in [4.69, 9.17) is 11.6 Å². The minimum absolute atomic E-state index is 0.127. The zero-order valence-corrected chi connectivity index (χ0v) is 25.5. The molecular weight excluding hydrogens is 605 g/mol. The molecule has 3 heterocycles. The third kappa shape index (κ3) is 8.50. The Kier molecular flexibility index (Phi) is 10.4. The number of amides is 1. The van der Waals surface area contributed by atoms with Crippen molar-refractivity contribution >= 4 is 52.4 Å². The molecule has 0 spiro atoms. The van der Waals surface area contributed by atoms with Crippen LogP contribution in [0.25, 0.3) is 11.3 Å². The zero-order chi connectivity index (χ0) is 31.1. The third-order valence-electron chi connectivity index (χ3n) is 7.07. The van der Waals surface area contributed by atoms with Crippen LogP contribution in [-0.4, -0.2) is 81.7 Å². The van der Waals surface area contributed by atoms with Gasteiger partial charge in [-0.25, -0.2) is 14.2 Å². The van der Waals surface area contributed by atoms with Crippen molar-refractivity contribution < 1.29 is 19.1 Å². The Balaban J connectivity index is 1.34. The summed E-state index contributed by atoms with van der Waals surface area (Å²) in [7, 11) is 2.09. The van der Waals surface area contributed by atoms with Gasteiger partial charge in [0.1, 0.15) is 16.7 Å². The van der Waals surface area contributed by atoms with Crippen LogP contribution in [0.3, 0.4) is 0 Å². The van der Waals surface area contributed by atoms with E-state index in [1.54, 1.807) is 36.5 Å². The number of carbonyl (C=O) groups excluding carboxylic acids is 1. The van der Waals surface area contributed by atoms with Gasteiger partial charge in [0, 0.05) is 73.4 Å². The lowest BCUT2D eigenvalue weighted by molar-refractivity contribution is -0.116. The second-order valence-corrected chi connectivity index (χ2v) is 11.8. The smallest absolute Gasteiger partial charge is 0.335 e. The third-order valence-corrected chi connectivity index (χ3v) is 8.36. The molecule has 1 amide bonds. The number of nitrogens with one attached hydrogen (secondary N) is 2. The van der Waals surface area contributed by atoms with Crippen molar-refractivity contribution in [1.82, 2.24) is 25.0 Å². The van der Waals surface area contributed by atoms with E-state index in [1.165, 1.54) is 36.0 Å². The van der Waals surface area contributed by atoms with Crippen LogP contribution in [0, 0.1) is 5.82 Å². The molecular formula is C31H31ClFN7O3S. The van der Waals surface area contributed by atoms with Crippen LogP contribution in [0.5, 0.6) is 0 Å². The molecule has 1 fully saturated rings. The van der Waals surface area contributed by atoms with Gasteiger partial charge in [-0.3, -0.25) is 4.79 Å². The second-order valence-electron chi connectivity index (χ2n) is 10.4. The lowest BCUT2D eigenvalue weighted by Crippen LogP contribution is -2.45. The van der Waals surface area contributed by atoms with E-state index >= 15 is 0 Å². The number of likely N-dealkylation sites (N-methyl/N-ethyl adjacent to an activating group) is 1. The Bertz CT molecular complexity index is 1650. The number of nitrogens with zero attached hydrogens (tertiary/aromatic N) is 5. The first kappa shape index (κ1) is 31.3. The number of piperazine rings is 1. The molecule has 1 saturated heterocycles. The van der Waals surface area contributed by atoms with Gasteiger partial charge in [0.25, 0.3) is 0 Å². The van der Waals surface area contributed by atoms with E-state index in [0.717, 1.165) is 31.7 Å². The van der Waals surface area contributed by atoms with Gasteiger partial charge >= 0.3 is 5.97 Å². The number of carboxylic acids is 1. The molecule has 3 N–H and O–H groups in total. The van der Waals surface area contributed by atoms with Crippen LogP contribution in [0.4, 0.5) is 21.6 Å². The number of aromatic nitrogens is 3. The Morgan fingerprint density at radius 1 is 1.05 bits per heavy atom. The molecule has 5 rings (SSSR count). The highest BCUT2D eigenvalue weighted by atomic mass is 35.5. The molecule has 0 unspecified atom stereocenters. The van der Waals surface area contributed by atoms with E-state index < -0.39 is 11.8 Å². The standard InChI is InChI=1S/C31H31ClFN7O3S/c1-39-11-13-40(14-12-39)10-8-29(41)36-28-17-23(7-9-34-28)35-27-18-26(24-16-22(32)5-6-25(24)33)37-38-30(27)44-19-20-3-2-4-21(15-20)31(42)43/h2-7,9,15-18H,8,10-14,19H2,1H3,(H,42,43)(H2,34,35,36,37,41). The molecule has 1 aliphatic heterocycles. The molecule has 2 aromatic carbocycles. The first-order valence-corrected chi connectivity index (χ1v) is 15.3. The van der Waals surface area contributed by atoms with Gasteiger partial charge in [-0.2, -0.15) is 0 Å². The number of anilines is 3. The summed E-state index contributed by atoms with van der Waals surface area (Å²) in [4.78, 5) is 32.9. The molecule has 4 aromatic rings. The van der Waals surface area contributed by atoms with Crippen molar-refractivity contribution in [2.45, 2.75) is 17.2 Å². The van der Waals surface area contributed by atoms with Crippen molar-refractivity contribution in [3.05, 3.63) is 88.8 Å². The summed E-state index contributed by atoms with van der Waals surface area (Å²) in [5.74, 6) is -0.822. The van der Waals surface area contributed by atoms with Gasteiger partial charge in [0.05, 0.1) is 16.9 Å². The van der Waals surface area contributed by atoms with Crippen molar-refractivity contribution in [2.75, 3.05) is 50.4 Å². The van der Waals surface area contributed by atoms with Crippen LogP contribution in [0.2, 0.25) is 5.02 Å². The maximum atomic E-state index is 14.7. The fourth-order valence-electron chi connectivity index (χ4n) is 4.62. The number of halogens is 2. The summed E-state index contributed by atoms with van der Waals surface area (Å²) in [6, 6.07) is 16.0. The van der Waals surface area contributed by atoms with Crippen LogP contribution in [0.15, 0.2) is 71.9 Å². The van der Waals surface area contributed by atoms with Gasteiger partial charge in [-0.15, -0.1) is 10.2 Å². The Morgan fingerprint density at radius 3 is 2.66 bits per heavy atom. The number of carbonyl (C=O) groups is 2. The Hall–Kier alpha value is -4.10. The summed E-state index contributed by atoms with van der Waals surface area (Å²) >= 11 is 7.47. The van der Waals surface area contributed by atoms with E-state index in [9.17, 15) is 19.1 Å². The number of rotatable bonds is 11. The lowest BCUT2D eigenvalue weighted by atomic mass is 10.1. The highest BCUT2D eigenvalue weighted by molar-refractivity contribution is 7.98. The maximum absolute atomic E-state index is 14.7. The molecule has 1 aliphatic rings. The molecule has 0 radical (unpaired) electrons.